The quantitative estimate of drug-likeness (QED) is 0.927. The van der Waals surface area contributed by atoms with Crippen LogP contribution in [-0.4, -0.2) is 37.4 Å². The number of amides is 1. The van der Waals surface area contributed by atoms with Crippen molar-refractivity contribution in [3.63, 3.8) is 0 Å². The molecular formula is C19H19NO5. The van der Waals surface area contributed by atoms with Crippen LogP contribution in [0.4, 0.5) is 0 Å². The molecule has 25 heavy (non-hydrogen) atoms. The molecular weight excluding hydrogens is 322 g/mol. The van der Waals surface area contributed by atoms with Gasteiger partial charge in [0.05, 0.1) is 6.04 Å². The Morgan fingerprint density at radius 3 is 2.16 bits per heavy atom. The minimum Gasteiger partial charge on any atom is -0.486 e. The first-order chi connectivity index (χ1) is 12.2. The average Bonchev–Trinajstić information content (AvgIpc) is 2.67. The lowest BCUT2D eigenvalue weighted by Gasteiger charge is -2.32. The molecule has 2 aliphatic heterocycles. The molecule has 0 saturated heterocycles. The maximum Gasteiger partial charge on any atom is 0.265 e. The number of para-hydroxylation sites is 4. The molecule has 0 radical (unpaired) electrons. The Balaban J connectivity index is 1.37. The van der Waals surface area contributed by atoms with Crippen LogP contribution >= 0.6 is 0 Å². The Hall–Kier alpha value is -2.89. The van der Waals surface area contributed by atoms with Crippen molar-refractivity contribution >= 4 is 5.91 Å². The summed E-state index contributed by atoms with van der Waals surface area (Å²) in [4.78, 5) is 12.5. The Morgan fingerprint density at radius 1 is 0.920 bits per heavy atom. The number of benzene rings is 2. The van der Waals surface area contributed by atoms with E-state index in [2.05, 4.69) is 5.32 Å². The molecule has 6 heteroatoms. The van der Waals surface area contributed by atoms with Crippen LogP contribution in [0.2, 0.25) is 0 Å². The summed E-state index contributed by atoms with van der Waals surface area (Å²) < 4.78 is 22.9. The van der Waals surface area contributed by atoms with Gasteiger partial charge in [-0.25, -0.2) is 0 Å². The largest absolute Gasteiger partial charge is 0.486 e. The third-order valence-corrected chi connectivity index (χ3v) is 4.26. The van der Waals surface area contributed by atoms with Gasteiger partial charge in [-0.1, -0.05) is 24.3 Å². The molecule has 2 aromatic rings. The Bertz CT molecular complexity index is 778. The molecule has 0 fully saturated rings. The zero-order valence-corrected chi connectivity index (χ0v) is 13.8. The summed E-state index contributed by atoms with van der Waals surface area (Å²) in [6.07, 6.45) is -0.954. The fourth-order valence-electron chi connectivity index (χ4n) is 2.84. The van der Waals surface area contributed by atoms with Crippen molar-refractivity contribution in [2.45, 2.75) is 25.2 Å². The molecule has 0 aliphatic carbocycles. The number of carbonyl (C=O) groups excluding carboxylic acids is 1. The van der Waals surface area contributed by atoms with Crippen molar-refractivity contribution < 1.29 is 23.7 Å². The van der Waals surface area contributed by atoms with Crippen LogP contribution in [0, 0.1) is 0 Å². The molecule has 2 aliphatic rings. The first-order valence-electron chi connectivity index (χ1n) is 8.28. The van der Waals surface area contributed by atoms with Crippen LogP contribution < -0.4 is 24.3 Å². The van der Waals surface area contributed by atoms with Crippen LogP contribution in [0.3, 0.4) is 0 Å². The average molecular weight is 341 g/mol. The van der Waals surface area contributed by atoms with E-state index in [-0.39, 0.29) is 24.7 Å². The molecule has 3 unspecified atom stereocenters. The van der Waals surface area contributed by atoms with Gasteiger partial charge >= 0.3 is 0 Å². The number of hydrogen-bond acceptors (Lipinski definition) is 5. The number of nitrogens with one attached hydrogen (secondary N) is 1. The molecule has 6 nitrogen and oxygen atoms in total. The molecule has 4 rings (SSSR count). The van der Waals surface area contributed by atoms with Crippen LogP contribution in [0.5, 0.6) is 23.0 Å². The van der Waals surface area contributed by atoms with Crippen LogP contribution in [0.25, 0.3) is 0 Å². The van der Waals surface area contributed by atoms with Gasteiger partial charge in [-0.05, 0) is 31.2 Å². The van der Waals surface area contributed by atoms with Gasteiger partial charge in [0, 0.05) is 0 Å². The van der Waals surface area contributed by atoms with E-state index in [1.807, 2.05) is 49.4 Å². The maximum absolute atomic E-state index is 12.5. The molecule has 130 valence electrons. The topological polar surface area (TPSA) is 66.0 Å². The van der Waals surface area contributed by atoms with Crippen molar-refractivity contribution in [3.8, 4) is 23.0 Å². The molecule has 2 heterocycles. The fraction of sp³-hybridized carbons (Fsp3) is 0.316. The lowest BCUT2D eigenvalue weighted by atomic mass is 10.1. The number of ether oxygens (including phenoxy) is 4. The predicted octanol–water partition coefficient (Wildman–Crippen LogP) is 2.17. The summed E-state index contributed by atoms with van der Waals surface area (Å²) in [6.45, 7) is 2.45. The highest BCUT2D eigenvalue weighted by Gasteiger charge is 2.32. The first-order valence-corrected chi connectivity index (χ1v) is 8.28. The van der Waals surface area contributed by atoms with Crippen molar-refractivity contribution in [3.05, 3.63) is 48.5 Å². The standard InChI is InChI=1S/C19H19NO5/c1-12(17-10-22-13-6-2-4-8-15(13)24-17)20-19(21)18-11-23-14-7-3-5-9-16(14)25-18/h2-9,12,17-18H,10-11H2,1H3,(H,20,21). The summed E-state index contributed by atoms with van der Waals surface area (Å²) in [5.74, 6) is 2.40. The van der Waals surface area contributed by atoms with Gasteiger partial charge in [0.2, 0.25) is 6.10 Å². The lowest BCUT2D eigenvalue weighted by molar-refractivity contribution is -0.131. The molecule has 0 bridgehead atoms. The molecule has 1 amide bonds. The highest BCUT2D eigenvalue weighted by atomic mass is 16.6. The van der Waals surface area contributed by atoms with Crippen LogP contribution in [-0.2, 0) is 4.79 Å². The minimum atomic E-state index is -0.686. The van der Waals surface area contributed by atoms with E-state index in [0.717, 1.165) is 5.75 Å². The number of fused-ring (bicyclic) bond motifs is 2. The van der Waals surface area contributed by atoms with Gasteiger partial charge in [0.25, 0.3) is 5.91 Å². The van der Waals surface area contributed by atoms with Crippen LogP contribution in [0.15, 0.2) is 48.5 Å². The maximum atomic E-state index is 12.5. The molecule has 1 N–H and O–H groups in total. The van der Waals surface area contributed by atoms with Crippen LogP contribution in [0.1, 0.15) is 6.92 Å². The number of rotatable bonds is 3. The molecule has 2 aromatic carbocycles. The molecule has 3 atom stereocenters. The predicted molar refractivity (Wildman–Crippen MR) is 90.3 cm³/mol. The fourth-order valence-corrected chi connectivity index (χ4v) is 2.84. The van der Waals surface area contributed by atoms with E-state index in [1.54, 1.807) is 6.07 Å². The smallest absolute Gasteiger partial charge is 0.265 e. The summed E-state index contributed by atoms with van der Waals surface area (Å²) in [5, 5.41) is 2.93. The Labute approximate surface area is 145 Å². The number of hydrogen-bond donors (Lipinski definition) is 1. The second-order valence-electron chi connectivity index (χ2n) is 6.08. The molecule has 0 spiro atoms. The van der Waals surface area contributed by atoms with E-state index in [0.29, 0.717) is 23.9 Å². The SMILES string of the molecule is CC(NC(=O)C1COc2ccccc2O1)C1COc2ccccc2O1. The zero-order chi connectivity index (χ0) is 17.2. The molecule has 0 saturated carbocycles. The lowest BCUT2D eigenvalue weighted by Crippen LogP contribution is -2.53. The van der Waals surface area contributed by atoms with E-state index in [9.17, 15) is 4.79 Å². The highest BCUT2D eigenvalue weighted by Crippen LogP contribution is 2.32. The highest BCUT2D eigenvalue weighted by molar-refractivity contribution is 5.82. The van der Waals surface area contributed by atoms with E-state index in [4.69, 9.17) is 18.9 Å². The Kier molecular flexibility index (Phi) is 4.09. The summed E-state index contributed by atoms with van der Waals surface area (Å²) >= 11 is 0. The second-order valence-corrected chi connectivity index (χ2v) is 6.08. The summed E-state index contributed by atoms with van der Waals surface area (Å²) in [5.41, 5.74) is 0. The normalized spacial score (nSPS) is 22.0. The van der Waals surface area contributed by atoms with Gasteiger partial charge < -0.3 is 24.3 Å². The first kappa shape index (κ1) is 15.6. The van der Waals surface area contributed by atoms with E-state index >= 15 is 0 Å². The second kappa shape index (κ2) is 6.55. The summed E-state index contributed by atoms with van der Waals surface area (Å²) in [6, 6.07) is 14.6. The van der Waals surface area contributed by atoms with Crippen molar-refractivity contribution in [2.24, 2.45) is 0 Å². The van der Waals surface area contributed by atoms with E-state index in [1.165, 1.54) is 0 Å². The van der Waals surface area contributed by atoms with Gasteiger partial charge in [-0.3, -0.25) is 4.79 Å². The molecule has 0 aromatic heterocycles. The van der Waals surface area contributed by atoms with E-state index < -0.39 is 6.10 Å². The third kappa shape index (κ3) is 3.20. The monoisotopic (exact) mass is 341 g/mol. The van der Waals surface area contributed by atoms with Crippen molar-refractivity contribution in [1.82, 2.24) is 5.32 Å². The zero-order valence-electron chi connectivity index (χ0n) is 13.8. The minimum absolute atomic E-state index is 0.181. The Morgan fingerprint density at radius 2 is 1.48 bits per heavy atom. The number of carbonyl (C=O) groups is 1. The van der Waals surface area contributed by atoms with Crippen molar-refractivity contribution in [2.75, 3.05) is 13.2 Å². The van der Waals surface area contributed by atoms with Gasteiger partial charge in [-0.15, -0.1) is 0 Å². The third-order valence-electron chi connectivity index (χ3n) is 4.26. The summed E-state index contributed by atoms with van der Waals surface area (Å²) in [7, 11) is 0. The van der Waals surface area contributed by atoms with Crippen molar-refractivity contribution in [1.29, 1.82) is 0 Å². The van der Waals surface area contributed by atoms with Gasteiger partial charge in [-0.2, -0.15) is 0 Å². The van der Waals surface area contributed by atoms with Gasteiger partial charge in [0.15, 0.2) is 29.1 Å². The van der Waals surface area contributed by atoms with Gasteiger partial charge in [0.1, 0.15) is 13.2 Å².